The highest BCUT2D eigenvalue weighted by molar-refractivity contribution is 6.30. The number of aliphatic imine (C=N–C) groups is 1. The van der Waals surface area contributed by atoms with Crippen molar-refractivity contribution < 1.29 is 9.53 Å². The summed E-state index contributed by atoms with van der Waals surface area (Å²) in [4.78, 5) is 23.6. The molecule has 1 amide bonds. The Balaban J connectivity index is 1.43. The van der Waals surface area contributed by atoms with Crippen molar-refractivity contribution in [3.05, 3.63) is 70.7 Å². The summed E-state index contributed by atoms with van der Waals surface area (Å²) in [6, 6.07) is 18.0. The first-order chi connectivity index (χ1) is 16.6. The van der Waals surface area contributed by atoms with E-state index in [0.717, 1.165) is 50.5 Å². The van der Waals surface area contributed by atoms with Crippen LogP contribution in [-0.2, 0) is 16.0 Å². The van der Waals surface area contributed by atoms with E-state index in [9.17, 15) is 4.79 Å². The van der Waals surface area contributed by atoms with Gasteiger partial charge in [0.05, 0.1) is 25.6 Å². The van der Waals surface area contributed by atoms with Crippen molar-refractivity contribution in [3.63, 3.8) is 0 Å². The van der Waals surface area contributed by atoms with Crippen LogP contribution >= 0.6 is 11.6 Å². The number of halogens is 1. The predicted octanol–water partition coefficient (Wildman–Crippen LogP) is 3.56. The third-order valence-corrected chi connectivity index (χ3v) is 7.35. The number of ether oxygens (including phenoxy) is 1. The Morgan fingerprint density at radius 2 is 1.82 bits per heavy atom. The molecule has 1 N–H and O–H groups in total. The number of hydrogen-bond acceptors (Lipinski definition) is 5. The van der Waals surface area contributed by atoms with Crippen molar-refractivity contribution in [2.75, 3.05) is 45.9 Å². The Morgan fingerprint density at radius 1 is 1.09 bits per heavy atom. The molecule has 1 saturated carbocycles. The predicted molar refractivity (Wildman–Crippen MR) is 135 cm³/mol. The molecule has 2 aliphatic heterocycles. The van der Waals surface area contributed by atoms with Gasteiger partial charge in [0.1, 0.15) is 0 Å². The number of amides is 1. The van der Waals surface area contributed by atoms with Crippen LogP contribution in [0.15, 0.2) is 59.6 Å². The van der Waals surface area contributed by atoms with Crippen LogP contribution in [-0.4, -0.2) is 73.5 Å². The van der Waals surface area contributed by atoms with Crippen LogP contribution in [0, 0.1) is 5.92 Å². The Kier molecular flexibility index (Phi) is 7.18. The minimum Gasteiger partial charge on any atom is -0.379 e. The van der Waals surface area contributed by atoms with Crippen molar-refractivity contribution in [2.24, 2.45) is 10.9 Å². The molecule has 34 heavy (non-hydrogen) atoms. The number of nitrogens with zero attached hydrogens (tertiary/aromatic N) is 3. The van der Waals surface area contributed by atoms with Crippen LogP contribution in [0.3, 0.4) is 0 Å². The lowest BCUT2D eigenvalue weighted by Crippen LogP contribution is -2.53. The lowest BCUT2D eigenvalue weighted by molar-refractivity contribution is -0.127. The molecule has 2 heterocycles. The van der Waals surface area contributed by atoms with Gasteiger partial charge in [-0.25, -0.2) is 0 Å². The maximum absolute atomic E-state index is 14.0. The second kappa shape index (κ2) is 10.5. The fraction of sp³-hybridized carbons (Fsp3) is 0.481. The molecule has 0 spiro atoms. The molecule has 5 rings (SSSR count). The van der Waals surface area contributed by atoms with Crippen molar-refractivity contribution in [1.29, 1.82) is 0 Å². The topological polar surface area (TPSA) is 57.2 Å². The second-order valence-corrected chi connectivity index (χ2v) is 10.1. The standard InChI is InChI=1S/C27H33ClN4O2/c28-24-10-8-23(9-11-24)25-27(18-21-4-2-1-3-5-21,30-20-32(25)19-22-6-7-22)26(33)29-12-13-31-14-16-34-17-15-31/h1-5,8-11,20,22,25H,6-7,12-19H2,(H,29,33)/t25-,27+/m0/s1. The molecule has 180 valence electrons. The van der Waals surface area contributed by atoms with Gasteiger partial charge in [0, 0.05) is 44.2 Å². The smallest absolute Gasteiger partial charge is 0.250 e. The van der Waals surface area contributed by atoms with E-state index in [1.54, 1.807) is 0 Å². The molecule has 0 radical (unpaired) electrons. The maximum atomic E-state index is 14.0. The molecule has 0 aromatic heterocycles. The normalized spacial score (nSPS) is 25.0. The van der Waals surface area contributed by atoms with E-state index in [1.165, 1.54) is 12.8 Å². The summed E-state index contributed by atoms with van der Waals surface area (Å²) in [5.74, 6) is 0.664. The van der Waals surface area contributed by atoms with Crippen molar-refractivity contribution in [2.45, 2.75) is 30.8 Å². The van der Waals surface area contributed by atoms with Gasteiger partial charge in [-0.1, -0.05) is 54.1 Å². The number of carbonyl (C=O) groups is 1. The van der Waals surface area contributed by atoms with Gasteiger partial charge in [-0.3, -0.25) is 14.7 Å². The van der Waals surface area contributed by atoms with Gasteiger partial charge in [0.25, 0.3) is 5.91 Å². The molecule has 3 aliphatic rings. The van der Waals surface area contributed by atoms with Gasteiger partial charge in [-0.2, -0.15) is 0 Å². The first-order valence-corrected chi connectivity index (χ1v) is 12.7. The van der Waals surface area contributed by atoms with Crippen LogP contribution in [0.5, 0.6) is 0 Å². The lowest BCUT2D eigenvalue weighted by atomic mass is 9.79. The first kappa shape index (κ1) is 23.3. The average Bonchev–Trinajstić information content (AvgIpc) is 3.61. The van der Waals surface area contributed by atoms with Crippen LogP contribution in [0.1, 0.15) is 30.0 Å². The van der Waals surface area contributed by atoms with E-state index in [4.69, 9.17) is 21.3 Å². The average molecular weight is 481 g/mol. The zero-order chi connectivity index (χ0) is 23.4. The van der Waals surface area contributed by atoms with E-state index in [1.807, 2.05) is 48.8 Å². The molecular weight excluding hydrogens is 448 g/mol. The largest absolute Gasteiger partial charge is 0.379 e. The zero-order valence-electron chi connectivity index (χ0n) is 19.5. The summed E-state index contributed by atoms with van der Waals surface area (Å²) < 4.78 is 5.45. The zero-order valence-corrected chi connectivity index (χ0v) is 20.3. The van der Waals surface area contributed by atoms with E-state index in [2.05, 4.69) is 27.2 Å². The fourth-order valence-electron chi connectivity index (χ4n) is 5.07. The number of nitrogens with one attached hydrogen (secondary N) is 1. The molecule has 6 nitrogen and oxygen atoms in total. The third kappa shape index (κ3) is 5.29. The van der Waals surface area contributed by atoms with Crippen LogP contribution in [0.2, 0.25) is 5.02 Å². The molecule has 1 saturated heterocycles. The summed E-state index contributed by atoms with van der Waals surface area (Å²) in [5, 5.41) is 3.94. The number of hydrogen-bond donors (Lipinski definition) is 1. The van der Waals surface area contributed by atoms with Crippen molar-refractivity contribution in [1.82, 2.24) is 15.1 Å². The quantitative estimate of drug-likeness (QED) is 0.596. The summed E-state index contributed by atoms with van der Waals surface area (Å²) in [6.07, 6.45) is 4.95. The molecule has 0 bridgehead atoms. The first-order valence-electron chi connectivity index (χ1n) is 12.3. The van der Waals surface area contributed by atoms with Crippen LogP contribution in [0.25, 0.3) is 0 Å². The van der Waals surface area contributed by atoms with Gasteiger partial charge in [-0.15, -0.1) is 0 Å². The SMILES string of the molecule is O=C(NCCN1CCOCC1)[C@]1(Cc2ccccc2)N=CN(CC2CC2)[C@H]1c1ccc(Cl)cc1. The molecule has 1 aliphatic carbocycles. The summed E-state index contributed by atoms with van der Waals surface area (Å²) in [7, 11) is 0. The van der Waals surface area contributed by atoms with E-state index < -0.39 is 5.54 Å². The molecule has 2 atom stereocenters. The number of rotatable bonds is 9. The second-order valence-electron chi connectivity index (χ2n) is 9.64. The Labute approximate surface area is 206 Å². The summed E-state index contributed by atoms with van der Waals surface area (Å²) >= 11 is 6.22. The monoisotopic (exact) mass is 480 g/mol. The summed E-state index contributed by atoms with van der Waals surface area (Å²) in [5.41, 5.74) is 1.24. The Hall–Kier alpha value is -2.41. The molecular formula is C27H33ClN4O2. The van der Waals surface area contributed by atoms with Crippen LogP contribution in [0.4, 0.5) is 0 Å². The van der Waals surface area contributed by atoms with Gasteiger partial charge in [0.2, 0.25) is 0 Å². The number of carbonyl (C=O) groups excluding carboxylic acids is 1. The highest BCUT2D eigenvalue weighted by Gasteiger charge is 2.52. The third-order valence-electron chi connectivity index (χ3n) is 7.10. The molecule has 2 fully saturated rings. The molecule has 2 aromatic rings. The summed E-state index contributed by atoms with van der Waals surface area (Å²) in [6.45, 7) is 5.67. The molecule has 0 unspecified atom stereocenters. The fourth-order valence-corrected chi connectivity index (χ4v) is 5.20. The van der Waals surface area contributed by atoms with E-state index >= 15 is 0 Å². The Bertz CT molecular complexity index is 989. The maximum Gasteiger partial charge on any atom is 0.250 e. The number of benzene rings is 2. The van der Waals surface area contributed by atoms with Crippen molar-refractivity contribution in [3.8, 4) is 0 Å². The van der Waals surface area contributed by atoms with Gasteiger partial charge in [0.15, 0.2) is 5.54 Å². The lowest BCUT2D eigenvalue weighted by Gasteiger charge is -2.37. The highest BCUT2D eigenvalue weighted by atomic mass is 35.5. The highest BCUT2D eigenvalue weighted by Crippen LogP contribution is 2.43. The van der Waals surface area contributed by atoms with E-state index in [0.29, 0.717) is 23.9 Å². The van der Waals surface area contributed by atoms with Gasteiger partial charge >= 0.3 is 0 Å². The number of morpholine rings is 1. The molecule has 2 aromatic carbocycles. The van der Waals surface area contributed by atoms with Gasteiger partial charge in [-0.05, 0) is 42.0 Å². The Morgan fingerprint density at radius 3 is 2.53 bits per heavy atom. The minimum atomic E-state index is -0.935. The molecule has 7 heteroatoms. The van der Waals surface area contributed by atoms with Crippen molar-refractivity contribution >= 4 is 23.8 Å². The van der Waals surface area contributed by atoms with Crippen LogP contribution < -0.4 is 5.32 Å². The van der Waals surface area contributed by atoms with Gasteiger partial charge < -0.3 is 15.0 Å². The minimum absolute atomic E-state index is 0.0147. The van der Waals surface area contributed by atoms with E-state index in [-0.39, 0.29) is 11.9 Å².